The van der Waals surface area contributed by atoms with Gasteiger partial charge in [-0.2, -0.15) is 0 Å². The molecule has 0 aliphatic carbocycles. The van der Waals surface area contributed by atoms with E-state index in [0.29, 0.717) is 16.2 Å². The topological polar surface area (TPSA) is 71.0 Å². The largest absolute Gasteiger partial charge is 0.353 e. The van der Waals surface area contributed by atoms with E-state index in [1.54, 1.807) is 9.47 Å². The molecule has 2 heterocycles. The van der Waals surface area contributed by atoms with Crippen molar-refractivity contribution in [2.24, 2.45) is 0 Å². The Morgan fingerprint density at radius 1 is 1.44 bits per heavy atom. The smallest absolute Gasteiger partial charge is 0.278 e. The van der Waals surface area contributed by atoms with Crippen LogP contribution in [-0.2, 0) is 4.79 Å². The Hall–Kier alpha value is -1.76. The van der Waals surface area contributed by atoms with E-state index in [1.807, 2.05) is 33.9 Å². The summed E-state index contributed by atoms with van der Waals surface area (Å²) in [6.07, 6.45) is 2.88. The number of aromatic nitrogens is 3. The van der Waals surface area contributed by atoms with Gasteiger partial charge in [0.05, 0.1) is 11.3 Å². The fourth-order valence-corrected chi connectivity index (χ4v) is 3.66. The van der Waals surface area contributed by atoms with E-state index in [4.69, 9.17) is 0 Å². The van der Waals surface area contributed by atoms with Crippen molar-refractivity contribution in [3.63, 3.8) is 0 Å². The van der Waals surface area contributed by atoms with Crippen molar-refractivity contribution < 1.29 is 4.79 Å². The predicted octanol–water partition coefficient (Wildman–Crippen LogP) is 3.35. The summed E-state index contributed by atoms with van der Waals surface area (Å²) in [6, 6.07) is 1.90. The van der Waals surface area contributed by atoms with E-state index in [2.05, 4.69) is 16.9 Å². The number of carbonyl (C=O) groups is 1. The Balaban J connectivity index is 2.29. The molecule has 2 aromatic rings. The van der Waals surface area contributed by atoms with Gasteiger partial charge in [-0.15, -0.1) is 0 Å². The fraction of sp³-hybridized carbons (Fsp3) is 0.611. The summed E-state index contributed by atoms with van der Waals surface area (Å²) in [5.74, 6) is 0.353. The van der Waals surface area contributed by atoms with E-state index in [9.17, 15) is 9.59 Å². The molecule has 0 radical (unpaired) electrons. The molecule has 138 valence electrons. The summed E-state index contributed by atoms with van der Waals surface area (Å²) < 4.78 is 1.71. The Kier molecular flexibility index (Phi) is 6.70. The van der Waals surface area contributed by atoms with E-state index >= 15 is 0 Å². The third kappa shape index (κ3) is 4.45. The van der Waals surface area contributed by atoms with E-state index in [1.165, 1.54) is 11.8 Å². The minimum atomic E-state index is -0.0678. The van der Waals surface area contributed by atoms with E-state index < -0.39 is 0 Å². The number of rotatable bonds is 8. The van der Waals surface area contributed by atoms with Gasteiger partial charge in [0.2, 0.25) is 5.91 Å². The summed E-state index contributed by atoms with van der Waals surface area (Å²) in [4.78, 5) is 34.7. The van der Waals surface area contributed by atoms with E-state index in [0.717, 1.165) is 31.5 Å². The maximum absolute atomic E-state index is 12.9. The lowest BCUT2D eigenvalue weighted by Crippen LogP contribution is -2.30. The molecule has 25 heavy (non-hydrogen) atoms. The highest BCUT2D eigenvalue weighted by Gasteiger charge is 2.18. The van der Waals surface area contributed by atoms with Crippen LogP contribution in [0.4, 0.5) is 0 Å². The van der Waals surface area contributed by atoms with Crippen molar-refractivity contribution in [1.29, 1.82) is 0 Å². The van der Waals surface area contributed by atoms with Crippen LogP contribution < -0.4 is 5.56 Å². The second-order valence-corrected chi connectivity index (χ2v) is 7.44. The third-order valence-electron chi connectivity index (χ3n) is 4.42. The number of thioether (sulfide) groups is 1. The molecule has 2 rings (SSSR count). The molecule has 0 saturated carbocycles. The number of aryl methyl sites for hydroxylation is 1. The number of aromatic amines is 1. The number of unbranched alkanes of at least 4 members (excludes halogenated alkanes) is 1. The Bertz CT molecular complexity index is 796. The highest BCUT2D eigenvalue weighted by atomic mass is 32.2. The van der Waals surface area contributed by atoms with Gasteiger partial charge in [0, 0.05) is 25.3 Å². The van der Waals surface area contributed by atoms with Crippen LogP contribution in [0.15, 0.2) is 16.0 Å². The summed E-state index contributed by atoms with van der Waals surface area (Å²) in [5.41, 5.74) is 2.04. The summed E-state index contributed by atoms with van der Waals surface area (Å²) >= 11 is 1.35. The number of nitrogens with one attached hydrogen (secondary N) is 1. The summed E-state index contributed by atoms with van der Waals surface area (Å²) in [7, 11) is 1.83. The SMILES string of the molecule is CCCCN(C)C(=O)CSc1nc2cc(C)[nH]c2c(=O)n1[C@@H](C)CC. The minimum Gasteiger partial charge on any atom is -0.353 e. The maximum Gasteiger partial charge on any atom is 0.278 e. The molecular formula is C18H28N4O2S. The van der Waals surface area contributed by atoms with Crippen molar-refractivity contribution in [1.82, 2.24) is 19.4 Å². The van der Waals surface area contributed by atoms with Crippen LogP contribution in [-0.4, -0.2) is 44.7 Å². The molecule has 0 spiro atoms. The molecule has 2 aromatic heterocycles. The summed E-state index contributed by atoms with van der Waals surface area (Å²) in [5, 5.41) is 0.614. The molecule has 0 aliphatic rings. The van der Waals surface area contributed by atoms with Crippen LogP contribution in [0.25, 0.3) is 11.0 Å². The molecule has 0 aliphatic heterocycles. The van der Waals surface area contributed by atoms with Gasteiger partial charge in [-0.1, -0.05) is 32.0 Å². The van der Waals surface area contributed by atoms with Crippen LogP contribution in [0.2, 0.25) is 0 Å². The van der Waals surface area contributed by atoms with Gasteiger partial charge in [-0.3, -0.25) is 14.2 Å². The lowest BCUT2D eigenvalue weighted by atomic mass is 10.2. The molecule has 6 nitrogen and oxygen atoms in total. The minimum absolute atomic E-state index is 0.0310. The zero-order valence-corrected chi connectivity index (χ0v) is 16.6. The Morgan fingerprint density at radius 2 is 2.16 bits per heavy atom. The average Bonchev–Trinajstić information content (AvgIpc) is 2.97. The van der Waals surface area contributed by atoms with Gasteiger partial charge < -0.3 is 9.88 Å². The third-order valence-corrected chi connectivity index (χ3v) is 5.35. The van der Waals surface area contributed by atoms with Crippen LogP contribution in [0.1, 0.15) is 51.8 Å². The van der Waals surface area contributed by atoms with Gasteiger partial charge in [0.1, 0.15) is 5.52 Å². The quantitative estimate of drug-likeness (QED) is 0.576. The van der Waals surface area contributed by atoms with Gasteiger partial charge in [-0.25, -0.2) is 4.98 Å². The molecule has 0 fully saturated rings. The maximum atomic E-state index is 12.9. The molecule has 7 heteroatoms. The summed E-state index contributed by atoms with van der Waals surface area (Å²) in [6.45, 7) is 8.82. The predicted molar refractivity (Wildman–Crippen MR) is 103 cm³/mol. The molecule has 0 aromatic carbocycles. The lowest BCUT2D eigenvalue weighted by Gasteiger charge is -2.19. The number of H-pyrrole nitrogens is 1. The van der Waals surface area contributed by atoms with Crippen LogP contribution in [0.3, 0.4) is 0 Å². The van der Waals surface area contributed by atoms with Crippen LogP contribution in [0, 0.1) is 6.92 Å². The zero-order chi connectivity index (χ0) is 18.6. The van der Waals surface area contributed by atoms with Gasteiger partial charge >= 0.3 is 0 Å². The number of nitrogens with zero attached hydrogens (tertiary/aromatic N) is 3. The first-order valence-electron chi connectivity index (χ1n) is 8.87. The highest BCUT2D eigenvalue weighted by molar-refractivity contribution is 7.99. The monoisotopic (exact) mass is 364 g/mol. The molecular weight excluding hydrogens is 336 g/mol. The standard InChI is InChI=1S/C18H28N4O2S/c1-6-8-9-21(5)15(23)11-25-18-20-14-10-12(3)19-16(14)17(24)22(18)13(4)7-2/h10,13,19H,6-9,11H2,1-5H3/t13-/m0/s1. The molecule has 1 amide bonds. The Morgan fingerprint density at radius 3 is 2.80 bits per heavy atom. The Labute approximate surface area is 153 Å². The first-order chi connectivity index (χ1) is 11.9. The number of hydrogen-bond donors (Lipinski definition) is 1. The number of amides is 1. The number of hydrogen-bond acceptors (Lipinski definition) is 4. The van der Waals surface area contributed by atoms with Crippen molar-refractivity contribution in [2.75, 3.05) is 19.3 Å². The average molecular weight is 365 g/mol. The van der Waals surface area contributed by atoms with Crippen LogP contribution in [0.5, 0.6) is 0 Å². The zero-order valence-electron chi connectivity index (χ0n) is 15.8. The van der Waals surface area contributed by atoms with Crippen molar-refractivity contribution in [3.8, 4) is 0 Å². The highest BCUT2D eigenvalue weighted by Crippen LogP contribution is 2.23. The normalized spacial score (nSPS) is 12.5. The first kappa shape index (κ1) is 19.6. The number of carbonyl (C=O) groups excluding carboxylic acids is 1. The molecule has 0 unspecified atom stereocenters. The van der Waals surface area contributed by atoms with Gasteiger partial charge in [0.15, 0.2) is 5.16 Å². The van der Waals surface area contributed by atoms with E-state index in [-0.39, 0.29) is 23.3 Å². The number of fused-ring (bicyclic) bond motifs is 1. The lowest BCUT2D eigenvalue weighted by molar-refractivity contribution is -0.127. The van der Waals surface area contributed by atoms with Gasteiger partial charge in [-0.05, 0) is 32.8 Å². The molecule has 0 saturated heterocycles. The van der Waals surface area contributed by atoms with Gasteiger partial charge in [0.25, 0.3) is 5.56 Å². The van der Waals surface area contributed by atoms with Crippen molar-refractivity contribution in [3.05, 3.63) is 22.1 Å². The molecule has 0 bridgehead atoms. The first-order valence-corrected chi connectivity index (χ1v) is 9.86. The van der Waals surface area contributed by atoms with Crippen LogP contribution >= 0.6 is 11.8 Å². The van der Waals surface area contributed by atoms with Crippen molar-refractivity contribution in [2.45, 2.75) is 58.2 Å². The molecule has 1 N–H and O–H groups in total. The molecule has 1 atom stereocenters. The second-order valence-electron chi connectivity index (χ2n) is 6.50. The fourth-order valence-electron chi connectivity index (χ4n) is 2.62. The second kappa shape index (κ2) is 8.56. The van der Waals surface area contributed by atoms with Crippen molar-refractivity contribution >= 4 is 28.7 Å².